The molecule has 0 aliphatic heterocycles. The minimum absolute atomic E-state index is 0.0881. The Balaban J connectivity index is 1.91. The van der Waals surface area contributed by atoms with Crippen LogP contribution in [0.4, 0.5) is 11.4 Å². The molecule has 0 saturated heterocycles. The van der Waals surface area contributed by atoms with Crippen molar-refractivity contribution < 1.29 is 13.3 Å². The Morgan fingerprint density at radius 1 is 1.10 bits per heavy atom. The first-order valence-corrected chi connectivity index (χ1v) is 11.4. The second-order valence-electron chi connectivity index (χ2n) is 6.61. The fourth-order valence-corrected chi connectivity index (χ4v) is 3.54. The van der Waals surface area contributed by atoms with Crippen molar-refractivity contribution in [2.24, 2.45) is 4.99 Å². The summed E-state index contributed by atoms with van der Waals surface area (Å²) in [7, 11) is -1.85. The van der Waals surface area contributed by atoms with E-state index in [1.807, 2.05) is 12.1 Å². The number of hydrogen-bond donors (Lipinski definition) is 3. The molecule has 0 aromatic heterocycles. The van der Waals surface area contributed by atoms with Gasteiger partial charge < -0.3 is 16.0 Å². The van der Waals surface area contributed by atoms with Gasteiger partial charge in [0.05, 0.1) is 9.82 Å². The van der Waals surface area contributed by atoms with Gasteiger partial charge in [-0.2, -0.15) is 0 Å². The number of nitrogens with zero attached hydrogens (tertiary/aromatic N) is 2. The van der Waals surface area contributed by atoms with Crippen molar-refractivity contribution in [3.8, 4) is 0 Å². The predicted molar refractivity (Wildman–Crippen MR) is 119 cm³/mol. The largest absolute Gasteiger partial charge is 0.378 e. The third kappa shape index (κ3) is 6.45. The molecular formula is C20H27N5O4S. The second kappa shape index (κ2) is 10.6. The number of benzene rings is 2. The van der Waals surface area contributed by atoms with Crippen molar-refractivity contribution >= 4 is 27.2 Å². The summed E-state index contributed by atoms with van der Waals surface area (Å²) in [6.07, 6.45) is 1.96. The van der Waals surface area contributed by atoms with Crippen molar-refractivity contribution in [1.29, 1.82) is 0 Å². The highest BCUT2D eigenvalue weighted by atomic mass is 32.2. The molecule has 30 heavy (non-hydrogen) atoms. The minimum Gasteiger partial charge on any atom is -0.378 e. The van der Waals surface area contributed by atoms with E-state index in [-0.39, 0.29) is 16.3 Å². The van der Waals surface area contributed by atoms with Crippen molar-refractivity contribution in [3.63, 3.8) is 0 Å². The normalized spacial score (nSPS) is 11.8. The standard InChI is InChI=1S/C20H27N5O4S/c1-4-15-7-5-6-8-16(15)14-24-20(21-2)23-12-11-22-18-10-9-17(30(3,28)29)13-19(18)25(26)27/h5-10,13,22H,4,11-12,14H2,1-3H3,(H2,21,23,24). The van der Waals surface area contributed by atoms with E-state index in [4.69, 9.17) is 0 Å². The van der Waals surface area contributed by atoms with Gasteiger partial charge >= 0.3 is 0 Å². The lowest BCUT2D eigenvalue weighted by atomic mass is 10.1. The van der Waals surface area contributed by atoms with Gasteiger partial charge in [-0.3, -0.25) is 15.1 Å². The van der Waals surface area contributed by atoms with Crippen LogP contribution in [0, 0.1) is 10.1 Å². The van der Waals surface area contributed by atoms with Crippen LogP contribution in [0.25, 0.3) is 0 Å². The number of nitro benzene ring substituents is 1. The number of rotatable bonds is 9. The Kier molecular flexibility index (Phi) is 8.16. The van der Waals surface area contributed by atoms with E-state index in [0.29, 0.717) is 25.6 Å². The molecule has 2 aromatic rings. The van der Waals surface area contributed by atoms with Crippen LogP contribution in [0.3, 0.4) is 0 Å². The monoisotopic (exact) mass is 433 g/mol. The summed E-state index contributed by atoms with van der Waals surface area (Å²) in [5, 5.41) is 20.6. The molecule has 10 heteroatoms. The zero-order valence-corrected chi connectivity index (χ0v) is 18.1. The number of nitrogens with one attached hydrogen (secondary N) is 3. The van der Waals surface area contributed by atoms with Crippen LogP contribution in [0.15, 0.2) is 52.4 Å². The molecule has 0 atom stereocenters. The van der Waals surface area contributed by atoms with Crippen LogP contribution < -0.4 is 16.0 Å². The number of aryl methyl sites for hydroxylation is 1. The number of sulfone groups is 1. The first-order valence-electron chi connectivity index (χ1n) is 9.50. The quantitative estimate of drug-likeness (QED) is 0.182. The number of nitro groups is 1. The average molecular weight is 434 g/mol. The van der Waals surface area contributed by atoms with Gasteiger partial charge in [0.1, 0.15) is 5.69 Å². The fraction of sp³-hybridized carbons (Fsp3) is 0.350. The molecule has 0 radical (unpaired) electrons. The summed E-state index contributed by atoms with van der Waals surface area (Å²) in [5.74, 6) is 0.615. The molecule has 0 unspecified atom stereocenters. The Bertz CT molecular complexity index is 1020. The second-order valence-corrected chi connectivity index (χ2v) is 8.63. The van der Waals surface area contributed by atoms with Crippen LogP contribution in [0.1, 0.15) is 18.1 Å². The summed E-state index contributed by atoms with van der Waals surface area (Å²) in [6.45, 7) is 3.58. The summed E-state index contributed by atoms with van der Waals surface area (Å²) in [4.78, 5) is 14.8. The van der Waals surface area contributed by atoms with Gasteiger partial charge in [-0.05, 0) is 29.7 Å². The molecule has 0 bridgehead atoms. The highest BCUT2D eigenvalue weighted by Gasteiger charge is 2.18. The zero-order chi connectivity index (χ0) is 22.1. The molecule has 0 fully saturated rings. The van der Waals surface area contributed by atoms with Gasteiger partial charge in [0.15, 0.2) is 15.8 Å². The van der Waals surface area contributed by atoms with Gasteiger partial charge in [0.2, 0.25) is 0 Å². The highest BCUT2D eigenvalue weighted by Crippen LogP contribution is 2.27. The average Bonchev–Trinajstić information content (AvgIpc) is 2.72. The molecule has 2 rings (SSSR count). The van der Waals surface area contributed by atoms with E-state index >= 15 is 0 Å². The first-order chi connectivity index (χ1) is 14.3. The van der Waals surface area contributed by atoms with Gasteiger partial charge in [-0.1, -0.05) is 31.2 Å². The fourth-order valence-electron chi connectivity index (χ4n) is 2.90. The lowest BCUT2D eigenvalue weighted by Crippen LogP contribution is -2.39. The zero-order valence-electron chi connectivity index (χ0n) is 17.3. The first kappa shape index (κ1) is 23.1. The topological polar surface area (TPSA) is 126 Å². The van der Waals surface area contributed by atoms with Crippen LogP contribution in [0.5, 0.6) is 0 Å². The summed E-state index contributed by atoms with van der Waals surface area (Å²) >= 11 is 0. The van der Waals surface area contributed by atoms with Crippen molar-refractivity contribution in [3.05, 3.63) is 63.7 Å². The third-order valence-corrected chi connectivity index (χ3v) is 5.61. The highest BCUT2D eigenvalue weighted by molar-refractivity contribution is 7.90. The molecule has 0 spiro atoms. The Hall–Kier alpha value is -3.14. The van der Waals surface area contributed by atoms with Gasteiger partial charge in [-0.25, -0.2) is 8.42 Å². The van der Waals surface area contributed by atoms with Gasteiger partial charge in [0.25, 0.3) is 5.69 Å². The Labute approximate surface area is 176 Å². The summed E-state index contributed by atoms with van der Waals surface area (Å²) in [5.41, 5.74) is 2.44. The van der Waals surface area contributed by atoms with Crippen molar-refractivity contribution in [1.82, 2.24) is 10.6 Å². The van der Waals surface area contributed by atoms with Crippen LogP contribution in [-0.2, 0) is 22.8 Å². The minimum atomic E-state index is -3.52. The summed E-state index contributed by atoms with van der Waals surface area (Å²) in [6, 6.07) is 12.0. The SMILES string of the molecule is CCc1ccccc1CNC(=NC)NCCNc1ccc(S(C)(=O)=O)cc1[N+](=O)[O-]. The number of guanidine groups is 1. The third-order valence-electron chi connectivity index (χ3n) is 4.50. The molecule has 0 saturated carbocycles. The maximum Gasteiger partial charge on any atom is 0.293 e. The Morgan fingerprint density at radius 2 is 1.80 bits per heavy atom. The van der Waals surface area contributed by atoms with E-state index in [1.165, 1.54) is 23.3 Å². The Morgan fingerprint density at radius 3 is 2.40 bits per heavy atom. The van der Waals surface area contributed by atoms with E-state index < -0.39 is 14.8 Å². The van der Waals surface area contributed by atoms with Crippen molar-refractivity contribution in [2.45, 2.75) is 24.8 Å². The maximum absolute atomic E-state index is 11.6. The molecule has 0 aliphatic rings. The van der Waals surface area contributed by atoms with Gasteiger partial charge in [-0.15, -0.1) is 0 Å². The number of hydrogen-bond acceptors (Lipinski definition) is 6. The molecule has 2 aromatic carbocycles. The molecular weight excluding hydrogens is 406 g/mol. The van der Waals surface area contributed by atoms with E-state index in [9.17, 15) is 18.5 Å². The van der Waals surface area contributed by atoms with E-state index in [1.54, 1.807) is 7.05 Å². The van der Waals surface area contributed by atoms with Crippen molar-refractivity contribution in [2.75, 3.05) is 31.7 Å². The molecule has 3 N–H and O–H groups in total. The van der Waals surface area contributed by atoms with E-state index in [2.05, 4.69) is 40.0 Å². The smallest absolute Gasteiger partial charge is 0.293 e. The van der Waals surface area contributed by atoms with Crippen LogP contribution in [0.2, 0.25) is 0 Å². The molecule has 0 aliphatic carbocycles. The van der Waals surface area contributed by atoms with Gasteiger partial charge in [0, 0.05) is 39.0 Å². The molecule has 0 heterocycles. The number of aliphatic imine (C=N–C) groups is 1. The lowest BCUT2D eigenvalue weighted by Gasteiger charge is -2.14. The molecule has 0 amide bonds. The van der Waals surface area contributed by atoms with Crippen LogP contribution >= 0.6 is 0 Å². The summed E-state index contributed by atoms with van der Waals surface area (Å²) < 4.78 is 23.2. The molecule has 9 nitrogen and oxygen atoms in total. The van der Waals surface area contributed by atoms with E-state index in [0.717, 1.165) is 18.7 Å². The predicted octanol–water partition coefficient (Wildman–Crippen LogP) is 2.34. The maximum atomic E-state index is 11.6. The molecule has 162 valence electrons. The number of anilines is 1. The lowest BCUT2D eigenvalue weighted by molar-refractivity contribution is -0.384. The van der Waals surface area contributed by atoms with Crippen LogP contribution in [-0.4, -0.2) is 45.7 Å².